The number of piperidine rings is 1. The number of hydrogen-bond acceptors (Lipinski definition) is 6. The van der Waals surface area contributed by atoms with Crippen LogP contribution in [0.5, 0.6) is 0 Å². The molecule has 0 radical (unpaired) electrons. The van der Waals surface area contributed by atoms with Gasteiger partial charge in [0.05, 0.1) is 6.04 Å². The number of nitrogens with two attached hydrogens (primary N) is 1. The van der Waals surface area contributed by atoms with Crippen molar-refractivity contribution in [2.45, 2.75) is 76.8 Å². The van der Waals surface area contributed by atoms with E-state index in [1.165, 1.54) is 0 Å². The minimum absolute atomic E-state index is 0.219. The van der Waals surface area contributed by atoms with Crippen LogP contribution >= 0.6 is 0 Å². The van der Waals surface area contributed by atoms with E-state index >= 15 is 0 Å². The maximum atomic E-state index is 12.3. The topological polar surface area (TPSA) is 145 Å². The molecule has 1 saturated heterocycles. The van der Waals surface area contributed by atoms with Gasteiger partial charge in [-0.15, -0.1) is 0 Å². The second kappa shape index (κ2) is 8.98. The summed E-state index contributed by atoms with van der Waals surface area (Å²) in [4.78, 5) is 24.1. The maximum Gasteiger partial charge on any atom is 0.451 e. The van der Waals surface area contributed by atoms with Gasteiger partial charge in [0.1, 0.15) is 5.54 Å². The molecular weight excluding hydrogens is 325 g/mol. The van der Waals surface area contributed by atoms with Crippen LogP contribution in [0.3, 0.4) is 0 Å². The zero-order valence-corrected chi connectivity index (χ0v) is 15.4. The molecule has 144 valence electrons. The summed E-state index contributed by atoms with van der Waals surface area (Å²) in [6.07, 6.45) is 2.60. The van der Waals surface area contributed by atoms with Crippen LogP contribution in [0.25, 0.3) is 0 Å². The summed E-state index contributed by atoms with van der Waals surface area (Å²) in [6.45, 7) is 6.15. The predicted octanol–water partition coefficient (Wildman–Crippen LogP) is -0.305. The predicted molar refractivity (Wildman–Crippen MR) is 95.8 cm³/mol. The van der Waals surface area contributed by atoms with Crippen molar-refractivity contribution in [2.24, 2.45) is 11.1 Å². The van der Waals surface area contributed by atoms with Gasteiger partial charge in [0.2, 0.25) is 5.91 Å². The van der Waals surface area contributed by atoms with Gasteiger partial charge in [-0.05, 0) is 37.5 Å². The van der Waals surface area contributed by atoms with Gasteiger partial charge in [0, 0.05) is 6.04 Å². The lowest BCUT2D eigenvalue weighted by molar-refractivity contribution is -0.147. The van der Waals surface area contributed by atoms with Crippen LogP contribution in [-0.2, 0) is 9.59 Å². The number of carboxylic acids is 1. The Labute approximate surface area is 149 Å². The number of carbonyl (C=O) groups excluding carboxylic acids is 1. The standard InChI is InChI=1S/C16H32BN3O5/c1-15(2,3)12(18)13(21)20-11-6-9-19-16(10-11,14(22)23)7-4-5-8-17(24)25/h11-12,19,24-25H,4-10,18H2,1-3H3,(H,20,21)(H,22,23)/t11-,12+,16-/m0/s1. The lowest BCUT2D eigenvalue weighted by Gasteiger charge is -2.40. The van der Waals surface area contributed by atoms with Gasteiger partial charge in [-0.3, -0.25) is 9.59 Å². The van der Waals surface area contributed by atoms with Crippen molar-refractivity contribution >= 4 is 19.0 Å². The van der Waals surface area contributed by atoms with E-state index in [9.17, 15) is 14.7 Å². The first-order valence-electron chi connectivity index (χ1n) is 8.88. The van der Waals surface area contributed by atoms with Crippen LogP contribution in [-0.4, -0.2) is 58.3 Å². The zero-order chi connectivity index (χ0) is 19.3. The lowest BCUT2D eigenvalue weighted by Crippen LogP contribution is -2.62. The van der Waals surface area contributed by atoms with Crippen molar-refractivity contribution in [3.05, 3.63) is 0 Å². The Kier molecular flexibility index (Phi) is 7.86. The molecule has 8 nitrogen and oxygen atoms in total. The summed E-state index contributed by atoms with van der Waals surface area (Å²) in [5.41, 5.74) is 4.50. The Morgan fingerprint density at radius 2 is 2.00 bits per heavy atom. The number of aliphatic carboxylic acids is 1. The zero-order valence-electron chi connectivity index (χ0n) is 15.4. The van der Waals surface area contributed by atoms with Crippen molar-refractivity contribution in [1.82, 2.24) is 10.6 Å². The summed E-state index contributed by atoms with van der Waals surface area (Å²) in [5.74, 6) is -1.21. The largest absolute Gasteiger partial charge is 0.480 e. The first kappa shape index (κ1) is 21.9. The van der Waals surface area contributed by atoms with Gasteiger partial charge in [-0.1, -0.05) is 33.6 Å². The van der Waals surface area contributed by atoms with Gasteiger partial charge >= 0.3 is 13.1 Å². The molecule has 7 N–H and O–H groups in total. The van der Waals surface area contributed by atoms with Crippen molar-refractivity contribution < 1.29 is 24.7 Å². The SMILES string of the molecule is CC(C)(C)[C@H](N)C(=O)N[C@H]1CCN[C@](CCCCB(O)O)(C(=O)O)C1. The molecule has 0 unspecified atom stereocenters. The second-order valence-electron chi connectivity index (χ2n) is 8.08. The minimum Gasteiger partial charge on any atom is -0.480 e. The van der Waals surface area contributed by atoms with E-state index in [0.717, 1.165) is 0 Å². The van der Waals surface area contributed by atoms with E-state index in [4.69, 9.17) is 15.8 Å². The Bertz CT molecular complexity index is 469. The lowest BCUT2D eigenvalue weighted by atomic mass is 9.78. The number of hydrogen-bond donors (Lipinski definition) is 6. The Morgan fingerprint density at radius 1 is 1.36 bits per heavy atom. The molecule has 1 aliphatic heterocycles. The van der Waals surface area contributed by atoms with Crippen LogP contribution in [0.4, 0.5) is 0 Å². The molecule has 9 heteroatoms. The van der Waals surface area contributed by atoms with Gasteiger partial charge in [0.15, 0.2) is 0 Å². The highest BCUT2D eigenvalue weighted by Gasteiger charge is 2.43. The second-order valence-corrected chi connectivity index (χ2v) is 8.08. The van der Waals surface area contributed by atoms with E-state index in [-0.39, 0.29) is 30.1 Å². The first-order chi connectivity index (χ1) is 11.5. The highest BCUT2D eigenvalue weighted by molar-refractivity contribution is 6.40. The van der Waals surface area contributed by atoms with Crippen LogP contribution in [0.2, 0.25) is 6.32 Å². The van der Waals surface area contributed by atoms with E-state index < -0.39 is 24.7 Å². The molecule has 1 aliphatic rings. The van der Waals surface area contributed by atoms with Gasteiger partial charge < -0.3 is 31.5 Å². The number of carboxylic acid groups (broad SMARTS) is 1. The molecule has 1 rings (SSSR count). The van der Waals surface area contributed by atoms with Gasteiger partial charge in [-0.2, -0.15) is 0 Å². The van der Waals surface area contributed by atoms with Gasteiger partial charge in [-0.25, -0.2) is 0 Å². The quantitative estimate of drug-likeness (QED) is 0.258. The molecule has 3 atom stereocenters. The third-order valence-corrected chi connectivity index (χ3v) is 4.84. The molecular formula is C16H32BN3O5. The molecule has 0 saturated carbocycles. The Morgan fingerprint density at radius 3 is 2.52 bits per heavy atom. The van der Waals surface area contributed by atoms with E-state index in [1.54, 1.807) is 0 Å². The van der Waals surface area contributed by atoms with E-state index in [2.05, 4.69) is 10.6 Å². The molecule has 0 aromatic heterocycles. The summed E-state index contributed by atoms with van der Waals surface area (Å²) in [5, 5.41) is 33.4. The van der Waals surface area contributed by atoms with Crippen molar-refractivity contribution in [1.29, 1.82) is 0 Å². The monoisotopic (exact) mass is 357 g/mol. The van der Waals surface area contributed by atoms with Crippen LogP contribution < -0.4 is 16.4 Å². The van der Waals surface area contributed by atoms with Crippen LogP contribution in [0.1, 0.15) is 52.9 Å². The number of nitrogens with one attached hydrogen (secondary N) is 2. The Balaban J connectivity index is 2.67. The summed E-state index contributed by atoms with van der Waals surface area (Å²) >= 11 is 0. The third kappa shape index (κ3) is 6.58. The Hall–Kier alpha value is -1.16. The van der Waals surface area contributed by atoms with Gasteiger partial charge in [0.25, 0.3) is 0 Å². The van der Waals surface area contributed by atoms with Crippen molar-refractivity contribution in [2.75, 3.05) is 6.54 Å². The first-order valence-corrected chi connectivity index (χ1v) is 8.88. The molecule has 1 amide bonds. The molecule has 0 spiro atoms. The fraction of sp³-hybridized carbons (Fsp3) is 0.875. The molecule has 0 aliphatic carbocycles. The number of amides is 1. The van der Waals surface area contributed by atoms with Crippen molar-refractivity contribution in [3.63, 3.8) is 0 Å². The summed E-state index contributed by atoms with van der Waals surface area (Å²) in [6, 6.07) is -0.908. The highest BCUT2D eigenvalue weighted by Crippen LogP contribution is 2.27. The molecule has 1 heterocycles. The molecule has 1 fully saturated rings. The fourth-order valence-corrected chi connectivity index (χ4v) is 3.10. The molecule has 0 bridgehead atoms. The minimum atomic E-state index is -1.37. The van der Waals surface area contributed by atoms with E-state index in [1.807, 2.05) is 20.8 Å². The molecule has 25 heavy (non-hydrogen) atoms. The number of carbonyl (C=O) groups is 2. The summed E-state index contributed by atoms with van der Waals surface area (Å²) in [7, 11) is -1.37. The number of unbranched alkanes of at least 4 members (excludes halogenated alkanes) is 1. The average Bonchev–Trinajstić information content (AvgIpc) is 2.50. The number of rotatable bonds is 8. The van der Waals surface area contributed by atoms with Crippen molar-refractivity contribution in [3.8, 4) is 0 Å². The van der Waals surface area contributed by atoms with E-state index in [0.29, 0.717) is 32.2 Å². The molecule has 0 aromatic carbocycles. The summed E-state index contributed by atoms with van der Waals surface area (Å²) < 4.78 is 0. The van der Waals surface area contributed by atoms with Crippen LogP contribution in [0.15, 0.2) is 0 Å². The average molecular weight is 357 g/mol. The third-order valence-electron chi connectivity index (χ3n) is 4.84. The normalized spacial score (nSPS) is 25.3. The van der Waals surface area contributed by atoms with Crippen LogP contribution in [0, 0.1) is 5.41 Å². The smallest absolute Gasteiger partial charge is 0.451 e. The molecule has 0 aromatic rings. The fourth-order valence-electron chi connectivity index (χ4n) is 3.10. The highest BCUT2D eigenvalue weighted by atomic mass is 16.4. The maximum absolute atomic E-state index is 12.3.